The van der Waals surface area contributed by atoms with Gasteiger partial charge in [-0.3, -0.25) is 4.79 Å². The lowest BCUT2D eigenvalue weighted by Gasteiger charge is -2.06. The molecule has 0 N–H and O–H groups in total. The lowest BCUT2D eigenvalue weighted by molar-refractivity contribution is 0.0462. The number of esters is 1. The van der Waals surface area contributed by atoms with Gasteiger partial charge >= 0.3 is 5.97 Å². The van der Waals surface area contributed by atoms with Crippen LogP contribution >= 0.6 is 11.6 Å². The van der Waals surface area contributed by atoms with E-state index in [9.17, 15) is 9.59 Å². The van der Waals surface area contributed by atoms with Gasteiger partial charge in [-0.2, -0.15) is 5.10 Å². The Bertz CT molecular complexity index is 683. The maximum absolute atomic E-state index is 11.9. The Morgan fingerprint density at radius 1 is 1.33 bits per heavy atom. The maximum atomic E-state index is 11.9. The van der Waals surface area contributed by atoms with Crippen molar-refractivity contribution in [3.8, 4) is 0 Å². The molecule has 0 aliphatic heterocycles. The summed E-state index contributed by atoms with van der Waals surface area (Å²) < 4.78 is 6.38. The molecule has 0 aliphatic rings. The van der Waals surface area contributed by atoms with E-state index in [1.54, 1.807) is 12.1 Å². The average molecular weight is 308 g/mol. The van der Waals surface area contributed by atoms with Crippen molar-refractivity contribution < 1.29 is 9.53 Å². The van der Waals surface area contributed by atoms with Crippen LogP contribution in [-0.2, 0) is 17.9 Å². The van der Waals surface area contributed by atoms with Crippen molar-refractivity contribution in [1.82, 2.24) is 14.8 Å². The van der Waals surface area contributed by atoms with Crippen LogP contribution in [0.15, 0.2) is 35.3 Å². The predicted octanol–water partition coefficient (Wildman–Crippen LogP) is 2.06. The summed E-state index contributed by atoms with van der Waals surface area (Å²) in [6.07, 6.45) is 2.28. The highest BCUT2D eigenvalue weighted by molar-refractivity contribution is 6.29. The van der Waals surface area contributed by atoms with Crippen LogP contribution in [0.2, 0.25) is 5.15 Å². The first-order chi connectivity index (χ1) is 10.1. The van der Waals surface area contributed by atoms with E-state index in [4.69, 9.17) is 16.3 Å². The number of aromatic nitrogens is 3. The Balaban J connectivity index is 2.04. The van der Waals surface area contributed by atoms with E-state index in [1.165, 1.54) is 23.0 Å². The summed E-state index contributed by atoms with van der Waals surface area (Å²) in [6, 6.07) is 6.00. The second kappa shape index (κ2) is 6.99. The summed E-state index contributed by atoms with van der Waals surface area (Å²) in [7, 11) is 0. The van der Waals surface area contributed by atoms with Gasteiger partial charge in [-0.15, -0.1) is 0 Å². The highest BCUT2D eigenvalue weighted by atomic mass is 35.5. The Morgan fingerprint density at radius 3 is 2.81 bits per heavy atom. The zero-order valence-corrected chi connectivity index (χ0v) is 12.2. The van der Waals surface area contributed by atoms with Crippen molar-refractivity contribution in [3.05, 3.63) is 57.2 Å². The van der Waals surface area contributed by atoms with Crippen LogP contribution < -0.4 is 5.56 Å². The SMILES string of the molecule is CCCn1nc(C(=O)OCc2ccc(Cl)nc2)ccc1=O. The predicted molar refractivity (Wildman–Crippen MR) is 77.2 cm³/mol. The quantitative estimate of drug-likeness (QED) is 0.624. The van der Waals surface area contributed by atoms with Crippen molar-refractivity contribution in [2.24, 2.45) is 0 Å². The molecule has 0 aliphatic carbocycles. The van der Waals surface area contributed by atoms with Crippen molar-refractivity contribution >= 4 is 17.6 Å². The number of aryl methyl sites for hydroxylation is 1. The molecule has 0 saturated carbocycles. The van der Waals surface area contributed by atoms with Crippen LogP contribution in [-0.4, -0.2) is 20.7 Å². The molecule has 0 atom stereocenters. The average Bonchev–Trinajstić information content (AvgIpc) is 2.49. The lowest BCUT2D eigenvalue weighted by atomic mass is 10.3. The molecule has 0 aromatic carbocycles. The summed E-state index contributed by atoms with van der Waals surface area (Å²) in [5.74, 6) is -0.588. The van der Waals surface area contributed by atoms with E-state index < -0.39 is 5.97 Å². The summed E-state index contributed by atoms with van der Waals surface area (Å²) in [6.45, 7) is 2.45. The van der Waals surface area contributed by atoms with Gasteiger partial charge in [0.2, 0.25) is 0 Å². The summed E-state index contributed by atoms with van der Waals surface area (Å²) in [4.78, 5) is 27.3. The lowest BCUT2D eigenvalue weighted by Crippen LogP contribution is -2.24. The zero-order chi connectivity index (χ0) is 15.2. The van der Waals surface area contributed by atoms with Gasteiger partial charge in [0.05, 0.1) is 0 Å². The Morgan fingerprint density at radius 2 is 2.14 bits per heavy atom. The number of hydrogen-bond donors (Lipinski definition) is 0. The largest absolute Gasteiger partial charge is 0.456 e. The molecule has 2 aromatic rings. The summed E-state index contributed by atoms with van der Waals surface area (Å²) in [5.41, 5.74) is 0.579. The Labute approximate surface area is 126 Å². The van der Waals surface area contributed by atoms with Crippen molar-refractivity contribution in [1.29, 1.82) is 0 Å². The van der Waals surface area contributed by atoms with E-state index in [-0.39, 0.29) is 17.9 Å². The van der Waals surface area contributed by atoms with Gasteiger partial charge in [-0.1, -0.05) is 24.6 Å². The smallest absolute Gasteiger partial charge is 0.359 e. The minimum Gasteiger partial charge on any atom is -0.456 e. The van der Waals surface area contributed by atoms with Gasteiger partial charge in [-0.05, 0) is 18.6 Å². The monoisotopic (exact) mass is 307 g/mol. The van der Waals surface area contributed by atoms with Crippen LogP contribution in [0.5, 0.6) is 0 Å². The zero-order valence-electron chi connectivity index (χ0n) is 11.5. The van der Waals surface area contributed by atoms with Crippen molar-refractivity contribution in [2.75, 3.05) is 0 Å². The maximum Gasteiger partial charge on any atom is 0.359 e. The molecule has 0 fully saturated rings. The third-order valence-electron chi connectivity index (χ3n) is 2.67. The molecule has 0 bridgehead atoms. The van der Waals surface area contributed by atoms with Crippen molar-refractivity contribution in [3.63, 3.8) is 0 Å². The van der Waals surface area contributed by atoms with Crippen LogP contribution in [0.25, 0.3) is 0 Å². The number of carbonyl (C=O) groups excluding carboxylic acids is 1. The molecular weight excluding hydrogens is 294 g/mol. The van der Waals surface area contributed by atoms with Crippen LogP contribution in [0.4, 0.5) is 0 Å². The standard InChI is InChI=1S/C14H14ClN3O3/c1-2-7-18-13(19)6-4-11(17-18)14(20)21-9-10-3-5-12(15)16-8-10/h3-6,8H,2,7,9H2,1H3. The summed E-state index contributed by atoms with van der Waals surface area (Å²) in [5, 5.41) is 4.35. The van der Waals surface area contributed by atoms with Gasteiger partial charge in [0.15, 0.2) is 5.69 Å². The molecule has 110 valence electrons. The molecule has 0 radical (unpaired) electrons. The second-order valence-electron chi connectivity index (χ2n) is 4.35. The molecular formula is C14H14ClN3O3. The van der Waals surface area contributed by atoms with Gasteiger partial charge in [0.1, 0.15) is 11.8 Å². The minimum absolute atomic E-state index is 0.0671. The molecule has 0 saturated heterocycles. The van der Waals surface area contributed by atoms with Gasteiger partial charge in [0, 0.05) is 24.4 Å². The molecule has 0 amide bonds. The number of hydrogen-bond acceptors (Lipinski definition) is 5. The first-order valence-corrected chi connectivity index (χ1v) is 6.83. The number of carbonyl (C=O) groups is 1. The Kier molecular flexibility index (Phi) is 5.05. The van der Waals surface area contributed by atoms with Gasteiger partial charge in [-0.25, -0.2) is 14.5 Å². The molecule has 2 rings (SSSR count). The number of pyridine rings is 1. The topological polar surface area (TPSA) is 74.1 Å². The van der Waals surface area contributed by atoms with Crippen LogP contribution in [0.1, 0.15) is 29.4 Å². The number of ether oxygens (including phenoxy) is 1. The van der Waals surface area contributed by atoms with Crippen molar-refractivity contribution in [2.45, 2.75) is 26.5 Å². The number of rotatable bonds is 5. The molecule has 21 heavy (non-hydrogen) atoms. The first kappa shape index (κ1) is 15.2. The fourth-order valence-electron chi connectivity index (χ4n) is 1.64. The fraction of sp³-hybridized carbons (Fsp3) is 0.286. The molecule has 2 heterocycles. The molecule has 6 nitrogen and oxygen atoms in total. The third-order valence-corrected chi connectivity index (χ3v) is 2.89. The van der Waals surface area contributed by atoms with Gasteiger partial charge in [0.25, 0.3) is 5.56 Å². The number of halogens is 1. The van der Waals surface area contributed by atoms with Crippen LogP contribution in [0, 0.1) is 0 Å². The second-order valence-corrected chi connectivity index (χ2v) is 4.73. The molecule has 7 heteroatoms. The van der Waals surface area contributed by atoms with Gasteiger partial charge < -0.3 is 4.74 Å². The summed E-state index contributed by atoms with van der Waals surface area (Å²) >= 11 is 5.67. The highest BCUT2D eigenvalue weighted by Crippen LogP contribution is 2.07. The van der Waals surface area contributed by atoms with E-state index in [0.717, 1.165) is 12.0 Å². The molecule has 0 spiro atoms. The Hall–Kier alpha value is -2.21. The third kappa shape index (κ3) is 4.13. The van der Waals surface area contributed by atoms with E-state index in [0.29, 0.717) is 11.7 Å². The molecule has 2 aromatic heterocycles. The van der Waals surface area contributed by atoms with E-state index >= 15 is 0 Å². The normalized spacial score (nSPS) is 10.4. The van der Waals surface area contributed by atoms with Crippen LogP contribution in [0.3, 0.4) is 0 Å². The first-order valence-electron chi connectivity index (χ1n) is 6.46. The number of nitrogens with zero attached hydrogens (tertiary/aromatic N) is 3. The molecule has 0 unspecified atom stereocenters. The van der Waals surface area contributed by atoms with E-state index in [1.807, 2.05) is 6.92 Å². The fourth-order valence-corrected chi connectivity index (χ4v) is 1.76. The minimum atomic E-state index is -0.588. The van der Waals surface area contributed by atoms with E-state index in [2.05, 4.69) is 10.1 Å². The highest BCUT2D eigenvalue weighted by Gasteiger charge is 2.11.